The zero-order valence-electron chi connectivity index (χ0n) is 8.32. The standard InChI is InChI=1S/C10H16IN3/c11-10-12-8-14(13-10)7-6-9-4-2-1-3-5-9/h8-9H,1-7H2. The minimum Gasteiger partial charge on any atom is -0.252 e. The van der Waals surface area contributed by atoms with Crippen LogP contribution < -0.4 is 0 Å². The monoisotopic (exact) mass is 305 g/mol. The first-order valence-electron chi connectivity index (χ1n) is 5.39. The molecule has 0 spiro atoms. The van der Waals surface area contributed by atoms with Gasteiger partial charge in [-0.1, -0.05) is 32.1 Å². The van der Waals surface area contributed by atoms with Crippen molar-refractivity contribution in [3.8, 4) is 0 Å². The highest BCUT2D eigenvalue weighted by Gasteiger charge is 2.13. The number of nitrogens with zero attached hydrogens (tertiary/aromatic N) is 3. The molecule has 4 heteroatoms. The molecule has 2 rings (SSSR count). The van der Waals surface area contributed by atoms with Gasteiger partial charge in [-0.2, -0.15) is 0 Å². The van der Waals surface area contributed by atoms with E-state index in [4.69, 9.17) is 0 Å². The summed E-state index contributed by atoms with van der Waals surface area (Å²) in [5, 5.41) is 4.29. The maximum absolute atomic E-state index is 4.29. The highest BCUT2D eigenvalue weighted by Crippen LogP contribution is 2.26. The fraction of sp³-hybridized carbons (Fsp3) is 0.800. The lowest BCUT2D eigenvalue weighted by Crippen LogP contribution is -2.10. The van der Waals surface area contributed by atoms with Crippen LogP contribution in [0.15, 0.2) is 6.33 Å². The highest BCUT2D eigenvalue weighted by atomic mass is 127. The van der Waals surface area contributed by atoms with Crippen LogP contribution in [0.2, 0.25) is 0 Å². The van der Waals surface area contributed by atoms with Crippen molar-refractivity contribution in [2.24, 2.45) is 5.92 Å². The summed E-state index contributed by atoms with van der Waals surface area (Å²) in [6, 6.07) is 0. The van der Waals surface area contributed by atoms with Crippen molar-refractivity contribution in [2.45, 2.75) is 45.1 Å². The van der Waals surface area contributed by atoms with E-state index in [2.05, 4.69) is 32.7 Å². The number of rotatable bonds is 3. The quantitative estimate of drug-likeness (QED) is 0.804. The zero-order valence-corrected chi connectivity index (χ0v) is 10.5. The van der Waals surface area contributed by atoms with Gasteiger partial charge >= 0.3 is 0 Å². The van der Waals surface area contributed by atoms with E-state index in [1.165, 1.54) is 38.5 Å². The molecule has 14 heavy (non-hydrogen) atoms. The van der Waals surface area contributed by atoms with E-state index >= 15 is 0 Å². The van der Waals surface area contributed by atoms with E-state index in [0.717, 1.165) is 16.3 Å². The Balaban J connectivity index is 1.76. The Morgan fingerprint density at radius 2 is 2.14 bits per heavy atom. The smallest absolute Gasteiger partial charge is 0.211 e. The van der Waals surface area contributed by atoms with Crippen molar-refractivity contribution >= 4 is 22.6 Å². The van der Waals surface area contributed by atoms with Crippen LogP contribution in [-0.2, 0) is 6.54 Å². The van der Waals surface area contributed by atoms with Crippen LogP contribution >= 0.6 is 22.6 Å². The average Bonchev–Trinajstić information content (AvgIpc) is 2.63. The molecule has 3 nitrogen and oxygen atoms in total. The van der Waals surface area contributed by atoms with Crippen molar-refractivity contribution in [3.05, 3.63) is 10.2 Å². The van der Waals surface area contributed by atoms with Gasteiger partial charge < -0.3 is 0 Å². The summed E-state index contributed by atoms with van der Waals surface area (Å²) < 4.78 is 2.82. The molecule has 0 amide bonds. The molecule has 1 aliphatic rings. The minimum absolute atomic E-state index is 0.853. The van der Waals surface area contributed by atoms with Gasteiger partial charge in [0.2, 0.25) is 3.83 Å². The highest BCUT2D eigenvalue weighted by molar-refractivity contribution is 14.1. The van der Waals surface area contributed by atoms with E-state index < -0.39 is 0 Å². The van der Waals surface area contributed by atoms with Crippen molar-refractivity contribution in [1.82, 2.24) is 14.8 Å². The molecule has 0 radical (unpaired) electrons. The molecule has 1 saturated carbocycles. The summed E-state index contributed by atoms with van der Waals surface area (Å²) in [5.41, 5.74) is 0. The summed E-state index contributed by atoms with van der Waals surface area (Å²) in [4.78, 5) is 4.12. The third kappa shape index (κ3) is 2.93. The predicted octanol–water partition coefficient (Wildman–Crippen LogP) is 2.85. The average molecular weight is 305 g/mol. The summed E-state index contributed by atoms with van der Waals surface area (Å²) in [7, 11) is 0. The summed E-state index contributed by atoms with van der Waals surface area (Å²) in [5.74, 6) is 0.936. The molecule has 0 bridgehead atoms. The van der Waals surface area contributed by atoms with Crippen LogP contribution in [0.5, 0.6) is 0 Å². The third-order valence-corrected chi connectivity index (χ3v) is 3.49. The van der Waals surface area contributed by atoms with Crippen LogP contribution in [0.3, 0.4) is 0 Å². The Morgan fingerprint density at radius 3 is 2.79 bits per heavy atom. The van der Waals surface area contributed by atoms with Crippen LogP contribution in [0.1, 0.15) is 38.5 Å². The summed E-state index contributed by atoms with van der Waals surface area (Å²) in [6.45, 7) is 1.04. The second-order valence-electron chi connectivity index (χ2n) is 4.07. The van der Waals surface area contributed by atoms with Gasteiger partial charge in [0, 0.05) is 29.1 Å². The van der Waals surface area contributed by atoms with Crippen LogP contribution in [0.25, 0.3) is 0 Å². The lowest BCUT2D eigenvalue weighted by Gasteiger charge is -2.20. The second-order valence-corrected chi connectivity index (χ2v) is 5.03. The van der Waals surface area contributed by atoms with E-state index in [1.54, 1.807) is 0 Å². The third-order valence-electron chi connectivity index (χ3n) is 3.00. The van der Waals surface area contributed by atoms with Crippen molar-refractivity contribution in [2.75, 3.05) is 0 Å². The van der Waals surface area contributed by atoms with Gasteiger partial charge in [0.05, 0.1) is 0 Å². The van der Waals surface area contributed by atoms with E-state index in [-0.39, 0.29) is 0 Å². The maximum atomic E-state index is 4.29. The van der Waals surface area contributed by atoms with Crippen LogP contribution in [0, 0.1) is 9.75 Å². The first-order chi connectivity index (χ1) is 6.84. The first kappa shape index (κ1) is 10.4. The molecule has 0 aromatic carbocycles. The topological polar surface area (TPSA) is 30.7 Å². The Bertz CT molecular complexity index is 279. The second kappa shape index (κ2) is 5.09. The molecule has 78 valence electrons. The van der Waals surface area contributed by atoms with Crippen LogP contribution in [0.4, 0.5) is 0 Å². The molecular weight excluding hydrogens is 289 g/mol. The number of aryl methyl sites for hydroxylation is 1. The Hall–Kier alpha value is -0.130. The lowest BCUT2D eigenvalue weighted by atomic mass is 9.87. The molecule has 0 aliphatic heterocycles. The zero-order chi connectivity index (χ0) is 9.80. The number of halogens is 1. The largest absolute Gasteiger partial charge is 0.252 e. The Labute approximate surface area is 98.4 Å². The molecular formula is C10H16IN3. The maximum Gasteiger partial charge on any atom is 0.211 e. The van der Waals surface area contributed by atoms with Gasteiger partial charge in [-0.15, -0.1) is 5.10 Å². The van der Waals surface area contributed by atoms with E-state index in [1.807, 2.05) is 11.0 Å². The predicted molar refractivity (Wildman–Crippen MR) is 63.9 cm³/mol. The van der Waals surface area contributed by atoms with Gasteiger partial charge in [0.15, 0.2) is 0 Å². The number of hydrogen-bond acceptors (Lipinski definition) is 2. The first-order valence-corrected chi connectivity index (χ1v) is 6.47. The molecule has 0 N–H and O–H groups in total. The van der Waals surface area contributed by atoms with Crippen molar-refractivity contribution in [3.63, 3.8) is 0 Å². The van der Waals surface area contributed by atoms with Crippen molar-refractivity contribution < 1.29 is 0 Å². The minimum atomic E-state index is 0.853. The molecule has 1 fully saturated rings. The molecule has 0 saturated heterocycles. The van der Waals surface area contributed by atoms with Gasteiger partial charge in [-0.25, -0.2) is 4.98 Å². The molecule has 0 atom stereocenters. The molecule has 1 aromatic heterocycles. The normalized spacial score (nSPS) is 18.6. The molecule has 1 aromatic rings. The molecule has 1 heterocycles. The number of hydrogen-bond donors (Lipinski definition) is 0. The van der Waals surface area contributed by atoms with Gasteiger partial charge in [-0.3, -0.25) is 4.68 Å². The van der Waals surface area contributed by atoms with Crippen LogP contribution in [-0.4, -0.2) is 14.8 Å². The summed E-state index contributed by atoms with van der Waals surface area (Å²) >= 11 is 2.15. The Kier molecular flexibility index (Phi) is 3.78. The SMILES string of the molecule is Ic1ncn(CCC2CCCCC2)n1. The fourth-order valence-corrected chi connectivity index (χ4v) is 2.57. The van der Waals surface area contributed by atoms with E-state index in [9.17, 15) is 0 Å². The van der Waals surface area contributed by atoms with Gasteiger partial charge in [-0.05, 0) is 12.3 Å². The van der Waals surface area contributed by atoms with Gasteiger partial charge in [0.1, 0.15) is 6.33 Å². The molecule has 1 aliphatic carbocycles. The fourth-order valence-electron chi connectivity index (χ4n) is 2.17. The lowest BCUT2D eigenvalue weighted by molar-refractivity contribution is 0.318. The number of aromatic nitrogens is 3. The summed E-state index contributed by atoms with van der Waals surface area (Å²) in [6.07, 6.45) is 10.3. The van der Waals surface area contributed by atoms with E-state index in [0.29, 0.717) is 0 Å². The molecule has 0 unspecified atom stereocenters. The Morgan fingerprint density at radius 1 is 1.36 bits per heavy atom. The van der Waals surface area contributed by atoms with Gasteiger partial charge in [0.25, 0.3) is 0 Å². The van der Waals surface area contributed by atoms with Crippen molar-refractivity contribution in [1.29, 1.82) is 0 Å².